The lowest BCUT2D eigenvalue weighted by molar-refractivity contribution is -0.134. The van der Waals surface area contributed by atoms with Crippen LogP contribution in [0.2, 0.25) is 5.02 Å². The molecule has 0 aliphatic carbocycles. The van der Waals surface area contributed by atoms with Gasteiger partial charge in [-0.05, 0) is 37.1 Å². The van der Waals surface area contributed by atoms with Crippen molar-refractivity contribution in [1.29, 1.82) is 0 Å². The van der Waals surface area contributed by atoms with E-state index in [1.54, 1.807) is 35.0 Å². The van der Waals surface area contributed by atoms with Gasteiger partial charge in [-0.15, -0.1) is 0 Å². The highest BCUT2D eigenvalue weighted by Gasteiger charge is 2.38. The predicted octanol–water partition coefficient (Wildman–Crippen LogP) is 2.53. The first-order valence-corrected chi connectivity index (χ1v) is 9.11. The van der Waals surface area contributed by atoms with Crippen LogP contribution in [0.15, 0.2) is 33.5 Å². The molecule has 0 radical (unpaired) electrons. The van der Waals surface area contributed by atoms with Crippen LogP contribution in [0.4, 0.5) is 0 Å². The van der Waals surface area contributed by atoms with Crippen molar-refractivity contribution < 1.29 is 14.0 Å². The molecular weight excluding hydrogens is 356 g/mol. The molecule has 0 unspecified atom stereocenters. The molecule has 2 fully saturated rings. The van der Waals surface area contributed by atoms with Gasteiger partial charge in [0.25, 0.3) is 5.91 Å². The van der Waals surface area contributed by atoms with E-state index in [0.717, 1.165) is 19.3 Å². The molecule has 4 rings (SSSR count). The number of carbonyl (C=O) groups is 2. The van der Waals surface area contributed by atoms with Gasteiger partial charge in [-0.2, -0.15) is 0 Å². The summed E-state index contributed by atoms with van der Waals surface area (Å²) in [6.07, 6.45) is 2.61. The van der Waals surface area contributed by atoms with Crippen LogP contribution >= 0.6 is 11.6 Å². The molecule has 2 aromatic rings. The maximum absolute atomic E-state index is 13.0. The number of likely N-dealkylation sites (N-methyl/N-ethyl adjacent to an activating group) is 1. The van der Waals surface area contributed by atoms with Gasteiger partial charge in [-0.3, -0.25) is 9.59 Å². The minimum atomic E-state index is -0.668. The molecule has 2 saturated heterocycles. The van der Waals surface area contributed by atoms with Crippen molar-refractivity contribution in [3.05, 3.63) is 45.3 Å². The number of hydrogen-bond donors (Lipinski definition) is 0. The number of likely N-dealkylation sites (tertiary alicyclic amines) is 1. The van der Waals surface area contributed by atoms with Crippen molar-refractivity contribution in [2.75, 3.05) is 20.1 Å². The van der Waals surface area contributed by atoms with Crippen LogP contribution in [0.25, 0.3) is 11.0 Å². The number of nitrogens with zero attached hydrogens (tertiary/aromatic N) is 2. The Kier molecular flexibility index (Phi) is 4.23. The first-order valence-electron chi connectivity index (χ1n) is 8.73. The molecule has 0 spiro atoms. The van der Waals surface area contributed by atoms with Crippen LogP contribution in [0.5, 0.6) is 0 Å². The molecule has 7 heteroatoms. The molecule has 2 amide bonds. The fourth-order valence-electron chi connectivity index (χ4n) is 3.94. The minimum absolute atomic E-state index is 0.0131. The van der Waals surface area contributed by atoms with Crippen molar-refractivity contribution in [1.82, 2.24) is 9.80 Å². The molecule has 1 aromatic carbocycles. The Morgan fingerprint density at radius 3 is 2.81 bits per heavy atom. The average molecular weight is 375 g/mol. The van der Waals surface area contributed by atoms with Crippen molar-refractivity contribution in [2.24, 2.45) is 5.92 Å². The second-order valence-electron chi connectivity index (χ2n) is 7.07. The van der Waals surface area contributed by atoms with Crippen LogP contribution < -0.4 is 5.63 Å². The van der Waals surface area contributed by atoms with E-state index in [-0.39, 0.29) is 29.3 Å². The third kappa shape index (κ3) is 2.88. The Hall–Kier alpha value is -2.34. The number of carbonyl (C=O) groups excluding carboxylic acids is 2. The number of rotatable bonds is 1. The van der Waals surface area contributed by atoms with E-state index in [0.29, 0.717) is 29.1 Å². The maximum Gasteiger partial charge on any atom is 0.349 e. The molecule has 3 heterocycles. The van der Waals surface area contributed by atoms with Crippen molar-refractivity contribution in [3.8, 4) is 0 Å². The molecule has 2 aliphatic rings. The monoisotopic (exact) mass is 374 g/mol. The first-order chi connectivity index (χ1) is 12.4. The van der Waals surface area contributed by atoms with E-state index in [1.807, 2.05) is 0 Å². The van der Waals surface area contributed by atoms with Crippen LogP contribution in [0, 0.1) is 5.92 Å². The summed E-state index contributed by atoms with van der Waals surface area (Å²) in [5.74, 6) is -0.515. The fourth-order valence-corrected chi connectivity index (χ4v) is 4.12. The number of amides is 2. The van der Waals surface area contributed by atoms with E-state index < -0.39 is 5.63 Å². The number of hydrogen-bond acceptors (Lipinski definition) is 4. The van der Waals surface area contributed by atoms with Gasteiger partial charge in [-0.25, -0.2) is 4.79 Å². The third-order valence-corrected chi connectivity index (χ3v) is 5.65. The molecular formula is C19H19ClN2O4. The molecule has 2 aliphatic heterocycles. The van der Waals surface area contributed by atoms with Gasteiger partial charge in [0.1, 0.15) is 11.1 Å². The summed E-state index contributed by atoms with van der Waals surface area (Å²) in [7, 11) is 1.80. The van der Waals surface area contributed by atoms with E-state index >= 15 is 0 Å². The molecule has 1 aromatic heterocycles. The summed E-state index contributed by atoms with van der Waals surface area (Å²) >= 11 is 6.00. The Balaban J connectivity index is 1.71. The van der Waals surface area contributed by atoms with Gasteiger partial charge in [0.2, 0.25) is 5.91 Å². The summed E-state index contributed by atoms with van der Waals surface area (Å²) in [6.45, 7) is 0.774. The summed E-state index contributed by atoms with van der Waals surface area (Å²) in [5, 5.41) is 1.10. The highest BCUT2D eigenvalue weighted by atomic mass is 35.5. The normalized spacial score (nSPS) is 23.2. The second kappa shape index (κ2) is 6.43. The van der Waals surface area contributed by atoms with E-state index in [4.69, 9.17) is 16.0 Å². The lowest BCUT2D eigenvalue weighted by Crippen LogP contribution is -2.43. The molecule has 0 saturated carbocycles. The molecule has 26 heavy (non-hydrogen) atoms. The van der Waals surface area contributed by atoms with E-state index in [2.05, 4.69) is 0 Å². The van der Waals surface area contributed by atoms with Crippen molar-refractivity contribution in [2.45, 2.75) is 25.3 Å². The minimum Gasteiger partial charge on any atom is -0.422 e. The van der Waals surface area contributed by atoms with E-state index in [1.165, 1.54) is 6.07 Å². The van der Waals surface area contributed by atoms with Crippen LogP contribution in [0.1, 0.15) is 29.6 Å². The predicted molar refractivity (Wildman–Crippen MR) is 97.3 cm³/mol. The lowest BCUT2D eigenvalue weighted by atomic mass is 9.99. The van der Waals surface area contributed by atoms with Crippen LogP contribution in [0.3, 0.4) is 0 Å². The standard InChI is InChI=1S/C19H19ClN2O4/c1-21-14-4-2-3-11(17(21)23)9-22(10-14)18(24)15-8-12-7-13(20)5-6-16(12)26-19(15)25/h5-8,11,14H,2-4,9-10H2,1H3/t11-,14+/m1/s1. The van der Waals surface area contributed by atoms with Crippen LogP contribution in [-0.4, -0.2) is 47.8 Å². The molecule has 2 atom stereocenters. The summed E-state index contributed by atoms with van der Waals surface area (Å²) in [5.41, 5.74) is -0.299. The van der Waals surface area contributed by atoms with Gasteiger partial charge in [0.05, 0.1) is 5.92 Å². The third-order valence-electron chi connectivity index (χ3n) is 5.42. The van der Waals surface area contributed by atoms with Crippen molar-refractivity contribution in [3.63, 3.8) is 0 Å². The number of benzene rings is 1. The van der Waals surface area contributed by atoms with Gasteiger partial charge < -0.3 is 14.2 Å². The number of fused-ring (bicyclic) bond motifs is 4. The quantitative estimate of drug-likeness (QED) is 0.719. The Labute approximate surface area is 155 Å². The highest BCUT2D eigenvalue weighted by molar-refractivity contribution is 6.31. The molecule has 6 nitrogen and oxygen atoms in total. The fraction of sp³-hybridized carbons (Fsp3) is 0.421. The lowest BCUT2D eigenvalue weighted by Gasteiger charge is -2.29. The van der Waals surface area contributed by atoms with Gasteiger partial charge in [0.15, 0.2) is 0 Å². The zero-order chi connectivity index (χ0) is 18.4. The smallest absolute Gasteiger partial charge is 0.349 e. The Morgan fingerprint density at radius 2 is 2.00 bits per heavy atom. The summed E-state index contributed by atoms with van der Waals surface area (Å²) in [6, 6.07) is 6.41. The summed E-state index contributed by atoms with van der Waals surface area (Å²) in [4.78, 5) is 41.3. The van der Waals surface area contributed by atoms with Gasteiger partial charge in [0, 0.05) is 36.6 Å². The Morgan fingerprint density at radius 1 is 1.19 bits per heavy atom. The first kappa shape index (κ1) is 17.1. The topological polar surface area (TPSA) is 70.8 Å². The largest absolute Gasteiger partial charge is 0.422 e. The van der Waals surface area contributed by atoms with Gasteiger partial charge in [-0.1, -0.05) is 18.0 Å². The molecule has 2 bridgehead atoms. The van der Waals surface area contributed by atoms with E-state index in [9.17, 15) is 14.4 Å². The van der Waals surface area contributed by atoms with Crippen molar-refractivity contribution >= 4 is 34.4 Å². The number of halogens is 1. The maximum atomic E-state index is 13.0. The van der Waals surface area contributed by atoms with Gasteiger partial charge >= 0.3 is 5.63 Å². The summed E-state index contributed by atoms with van der Waals surface area (Å²) < 4.78 is 5.29. The Bertz CT molecular complexity index is 954. The molecule has 136 valence electrons. The SMILES string of the molecule is CN1C(=O)[C@@H]2CCC[C@H]1CN(C(=O)c1cc3cc(Cl)ccc3oc1=O)C2. The van der Waals surface area contributed by atoms with Crippen LogP contribution in [-0.2, 0) is 4.79 Å². The zero-order valence-electron chi connectivity index (χ0n) is 14.4. The molecule has 0 N–H and O–H groups in total. The highest BCUT2D eigenvalue weighted by Crippen LogP contribution is 2.28. The zero-order valence-corrected chi connectivity index (χ0v) is 15.2. The second-order valence-corrected chi connectivity index (χ2v) is 7.51. The average Bonchev–Trinajstić information content (AvgIpc) is 2.79.